The fraction of sp³-hybridized carbons (Fsp3) is 0.0385. The molecular weight excluding hydrogens is 392 g/mol. The normalized spacial score (nSPS) is 11.1. The predicted molar refractivity (Wildman–Crippen MR) is 118 cm³/mol. The molecule has 3 nitrogen and oxygen atoms in total. The van der Waals surface area contributed by atoms with E-state index in [0.29, 0.717) is 16.9 Å². The van der Waals surface area contributed by atoms with E-state index < -0.39 is 0 Å². The number of nitrogens with zero attached hydrogens (tertiary/aromatic N) is 3. The molecule has 0 aliphatic rings. The van der Waals surface area contributed by atoms with Gasteiger partial charge in [-0.05, 0) is 84.8 Å². The van der Waals surface area contributed by atoms with Gasteiger partial charge in [0, 0.05) is 29.1 Å². The zero-order valence-electron chi connectivity index (χ0n) is 16.7. The molecule has 2 aromatic heterocycles. The number of halogens is 2. The molecule has 0 saturated carbocycles. The van der Waals surface area contributed by atoms with Gasteiger partial charge in [0.1, 0.15) is 11.6 Å². The number of hydrogen-bond donors (Lipinski definition) is 0. The number of aromatic nitrogens is 3. The van der Waals surface area contributed by atoms with Crippen molar-refractivity contribution in [2.45, 2.75) is 6.92 Å². The van der Waals surface area contributed by atoms with Crippen LogP contribution in [0.25, 0.3) is 44.7 Å². The van der Waals surface area contributed by atoms with E-state index in [1.54, 1.807) is 30.5 Å². The van der Waals surface area contributed by atoms with Gasteiger partial charge in [0.15, 0.2) is 0 Å². The SMILES string of the molecule is Cc1ccncc1-c1ccc2nc(-c3ccc(F)cc3)c(-c3ccc(F)cc3)nc2c1. The molecule has 5 heteroatoms. The number of rotatable bonds is 3. The molecule has 5 rings (SSSR count). The number of fused-ring (bicyclic) bond motifs is 1. The summed E-state index contributed by atoms with van der Waals surface area (Å²) in [5.74, 6) is -0.646. The van der Waals surface area contributed by atoms with Gasteiger partial charge in [0.05, 0.1) is 22.4 Å². The average molecular weight is 409 g/mol. The summed E-state index contributed by atoms with van der Waals surface area (Å²) in [5.41, 5.74) is 7.26. The van der Waals surface area contributed by atoms with Gasteiger partial charge in [0.2, 0.25) is 0 Å². The minimum absolute atomic E-state index is 0.322. The summed E-state index contributed by atoms with van der Waals surface area (Å²) in [5, 5.41) is 0. The Balaban J connectivity index is 1.74. The van der Waals surface area contributed by atoms with Crippen molar-refractivity contribution >= 4 is 11.0 Å². The predicted octanol–water partition coefficient (Wildman–Crippen LogP) is 6.61. The summed E-state index contributed by atoms with van der Waals surface area (Å²) in [6.07, 6.45) is 3.60. The van der Waals surface area contributed by atoms with Crippen molar-refractivity contribution in [1.29, 1.82) is 0 Å². The van der Waals surface area contributed by atoms with Crippen LogP contribution >= 0.6 is 0 Å². The van der Waals surface area contributed by atoms with Crippen LogP contribution in [0.5, 0.6) is 0 Å². The maximum atomic E-state index is 13.5. The van der Waals surface area contributed by atoms with E-state index in [1.807, 2.05) is 37.4 Å². The van der Waals surface area contributed by atoms with Gasteiger partial charge in [-0.2, -0.15) is 0 Å². The fourth-order valence-corrected chi connectivity index (χ4v) is 3.61. The van der Waals surface area contributed by atoms with Crippen molar-refractivity contribution in [3.05, 3.63) is 102 Å². The molecule has 0 bridgehead atoms. The van der Waals surface area contributed by atoms with Gasteiger partial charge in [-0.3, -0.25) is 4.98 Å². The molecule has 0 aliphatic heterocycles. The number of benzene rings is 3. The third-order valence-electron chi connectivity index (χ3n) is 5.25. The summed E-state index contributed by atoms with van der Waals surface area (Å²) >= 11 is 0. The Kier molecular flexibility index (Phi) is 4.71. The molecule has 0 radical (unpaired) electrons. The fourth-order valence-electron chi connectivity index (χ4n) is 3.61. The lowest BCUT2D eigenvalue weighted by molar-refractivity contribution is 0.627. The second-order valence-electron chi connectivity index (χ2n) is 7.33. The standard InChI is InChI=1S/C26H17F2N3/c1-16-12-13-29-15-22(16)19-6-11-23-24(14-19)31-26(18-4-9-21(28)10-5-18)25(30-23)17-2-7-20(27)8-3-17/h2-15H,1H3. The maximum Gasteiger partial charge on any atom is 0.123 e. The zero-order valence-corrected chi connectivity index (χ0v) is 16.7. The molecule has 0 atom stereocenters. The van der Waals surface area contributed by atoms with Crippen LogP contribution < -0.4 is 0 Å². The highest BCUT2D eigenvalue weighted by Gasteiger charge is 2.14. The van der Waals surface area contributed by atoms with E-state index in [9.17, 15) is 8.78 Å². The Hall–Kier alpha value is -3.99. The van der Waals surface area contributed by atoms with Crippen molar-refractivity contribution in [2.24, 2.45) is 0 Å². The average Bonchev–Trinajstić information content (AvgIpc) is 2.79. The first kappa shape index (κ1) is 19.0. The largest absolute Gasteiger partial charge is 0.264 e. The van der Waals surface area contributed by atoms with Crippen LogP contribution in [-0.2, 0) is 0 Å². The van der Waals surface area contributed by atoms with Crippen LogP contribution in [0.4, 0.5) is 8.78 Å². The molecule has 0 N–H and O–H groups in total. The van der Waals surface area contributed by atoms with E-state index in [0.717, 1.165) is 33.3 Å². The summed E-state index contributed by atoms with van der Waals surface area (Å²) in [7, 11) is 0. The van der Waals surface area contributed by atoms with Crippen molar-refractivity contribution in [1.82, 2.24) is 15.0 Å². The molecule has 2 heterocycles. The lowest BCUT2D eigenvalue weighted by Gasteiger charge is -2.12. The van der Waals surface area contributed by atoms with E-state index in [-0.39, 0.29) is 11.6 Å². The van der Waals surface area contributed by atoms with Crippen LogP contribution in [0.2, 0.25) is 0 Å². The second kappa shape index (κ2) is 7.69. The van der Waals surface area contributed by atoms with Gasteiger partial charge < -0.3 is 0 Å². The lowest BCUT2D eigenvalue weighted by atomic mass is 10.0. The Labute approximate surface area is 178 Å². The summed E-state index contributed by atoms with van der Waals surface area (Å²) < 4.78 is 27.0. The number of aryl methyl sites for hydroxylation is 1. The highest BCUT2D eigenvalue weighted by molar-refractivity contribution is 5.88. The van der Waals surface area contributed by atoms with Crippen molar-refractivity contribution in [3.63, 3.8) is 0 Å². The van der Waals surface area contributed by atoms with Gasteiger partial charge >= 0.3 is 0 Å². The van der Waals surface area contributed by atoms with E-state index in [1.165, 1.54) is 24.3 Å². The van der Waals surface area contributed by atoms with Gasteiger partial charge in [-0.25, -0.2) is 18.7 Å². The van der Waals surface area contributed by atoms with Crippen molar-refractivity contribution in [3.8, 4) is 33.6 Å². The first-order valence-corrected chi connectivity index (χ1v) is 9.83. The molecule has 5 aromatic rings. The zero-order chi connectivity index (χ0) is 21.4. The second-order valence-corrected chi connectivity index (χ2v) is 7.33. The summed E-state index contributed by atoms with van der Waals surface area (Å²) in [6, 6.07) is 20.1. The smallest absolute Gasteiger partial charge is 0.123 e. The van der Waals surface area contributed by atoms with Crippen molar-refractivity contribution < 1.29 is 8.78 Å². The Morgan fingerprint density at radius 1 is 0.613 bits per heavy atom. The third kappa shape index (κ3) is 3.66. The highest BCUT2D eigenvalue weighted by Crippen LogP contribution is 2.33. The summed E-state index contributed by atoms with van der Waals surface area (Å²) in [4.78, 5) is 14.0. The molecule has 0 spiro atoms. The first-order chi connectivity index (χ1) is 15.1. The van der Waals surface area contributed by atoms with E-state index in [2.05, 4.69) is 4.98 Å². The molecule has 0 saturated heterocycles. The van der Waals surface area contributed by atoms with Gasteiger partial charge in [-0.1, -0.05) is 6.07 Å². The van der Waals surface area contributed by atoms with Crippen LogP contribution in [0, 0.1) is 18.6 Å². The topological polar surface area (TPSA) is 38.7 Å². The molecule has 0 unspecified atom stereocenters. The summed E-state index contributed by atoms with van der Waals surface area (Å²) in [6.45, 7) is 2.04. The van der Waals surface area contributed by atoms with Crippen LogP contribution in [-0.4, -0.2) is 15.0 Å². The Bertz CT molecular complexity index is 1400. The molecule has 0 amide bonds. The van der Waals surface area contributed by atoms with E-state index >= 15 is 0 Å². The molecular formula is C26H17F2N3. The third-order valence-corrected chi connectivity index (χ3v) is 5.25. The molecule has 0 fully saturated rings. The minimum Gasteiger partial charge on any atom is -0.264 e. The molecule has 0 aliphatic carbocycles. The number of pyridine rings is 1. The Morgan fingerprint density at radius 2 is 1.16 bits per heavy atom. The van der Waals surface area contributed by atoms with Crippen LogP contribution in [0.3, 0.4) is 0 Å². The highest BCUT2D eigenvalue weighted by atomic mass is 19.1. The monoisotopic (exact) mass is 409 g/mol. The van der Waals surface area contributed by atoms with Crippen LogP contribution in [0.1, 0.15) is 5.56 Å². The quantitative estimate of drug-likeness (QED) is 0.336. The maximum absolute atomic E-state index is 13.5. The van der Waals surface area contributed by atoms with Gasteiger partial charge in [0.25, 0.3) is 0 Å². The molecule has 3 aromatic carbocycles. The van der Waals surface area contributed by atoms with Gasteiger partial charge in [-0.15, -0.1) is 0 Å². The first-order valence-electron chi connectivity index (χ1n) is 9.83. The Morgan fingerprint density at radius 3 is 1.74 bits per heavy atom. The van der Waals surface area contributed by atoms with Crippen molar-refractivity contribution in [2.75, 3.05) is 0 Å². The lowest BCUT2D eigenvalue weighted by Crippen LogP contribution is -1.96. The number of hydrogen-bond acceptors (Lipinski definition) is 3. The minimum atomic E-state index is -0.324. The van der Waals surface area contributed by atoms with E-state index in [4.69, 9.17) is 9.97 Å². The van der Waals surface area contributed by atoms with Crippen LogP contribution in [0.15, 0.2) is 85.2 Å². The molecule has 150 valence electrons. The molecule has 31 heavy (non-hydrogen) atoms.